The molecule has 1 saturated heterocycles. The van der Waals surface area contributed by atoms with Gasteiger partial charge in [0.1, 0.15) is 18.0 Å². The molecular weight excluding hydrogens is 560 g/mol. The highest BCUT2D eigenvalue weighted by atomic mass is 16.7. The first kappa shape index (κ1) is 30.4. The molecule has 2 heterocycles. The summed E-state index contributed by atoms with van der Waals surface area (Å²) in [6.45, 7) is 9.58. The van der Waals surface area contributed by atoms with E-state index in [1.54, 1.807) is 40.7 Å². The number of esters is 2. The van der Waals surface area contributed by atoms with Gasteiger partial charge in [-0.05, 0) is 30.9 Å². The van der Waals surface area contributed by atoms with Crippen LogP contribution in [0.1, 0.15) is 72.3 Å². The normalized spacial score (nSPS) is 48.7. The van der Waals surface area contributed by atoms with Gasteiger partial charge in [0.25, 0.3) is 0 Å². The van der Waals surface area contributed by atoms with Crippen molar-refractivity contribution in [3.63, 3.8) is 0 Å². The highest BCUT2D eigenvalue weighted by molar-refractivity contribution is 5.96. The molecule has 6 rings (SSSR count). The van der Waals surface area contributed by atoms with Gasteiger partial charge in [0.2, 0.25) is 6.29 Å². The maximum atomic E-state index is 14.7. The van der Waals surface area contributed by atoms with Crippen molar-refractivity contribution in [3.8, 4) is 0 Å². The van der Waals surface area contributed by atoms with E-state index in [1.807, 2.05) is 0 Å². The molecule has 2 bridgehead atoms. The Balaban J connectivity index is 1.51. The van der Waals surface area contributed by atoms with E-state index in [9.17, 15) is 34.5 Å². The number of Topliss-reactive ketones (excluding diaryl/α,β-unsaturated/α-hetero) is 2. The molecule has 4 aliphatic carbocycles. The van der Waals surface area contributed by atoms with Gasteiger partial charge in [0.05, 0.1) is 42.7 Å². The van der Waals surface area contributed by atoms with Crippen molar-refractivity contribution in [1.29, 1.82) is 0 Å². The monoisotopic (exact) mass is 602 g/mol. The van der Waals surface area contributed by atoms with Crippen LogP contribution in [0, 0.1) is 45.3 Å². The minimum absolute atomic E-state index is 0.0248. The average molecular weight is 603 g/mol. The summed E-state index contributed by atoms with van der Waals surface area (Å²) in [4.78, 5) is 53.7. The Morgan fingerprint density at radius 3 is 2.28 bits per heavy atom. The van der Waals surface area contributed by atoms with Crippen LogP contribution in [0.4, 0.5) is 0 Å². The standard InChI is InChI=1S/C32H42O11/c1-14(2)27(39)43-28-30(5)19-10-20(35)31(6)24-18(34)9-17(16-7-8-40-12-16)29(24,4)26(38)23(37)25(31)32(19,13-41-28)21(36)11-22(30)42-15(3)33/h7-8,12,14,17,19-22,24-26,28,35-36,38H,9-11,13H2,1-6H3/t17-,19-,20+,21-,22+,24+,25-,26-,28-,29-,30+,31-,32+/m0/s1. The Morgan fingerprint density at radius 1 is 0.977 bits per heavy atom. The number of rotatable bonds is 4. The van der Waals surface area contributed by atoms with Crippen molar-refractivity contribution in [2.75, 3.05) is 6.61 Å². The highest BCUT2D eigenvalue weighted by Gasteiger charge is 2.82. The number of aliphatic hydroxyl groups excluding tert-OH is 3. The first-order valence-electron chi connectivity index (χ1n) is 15.2. The number of carbonyl (C=O) groups excluding carboxylic acids is 4. The Hall–Kier alpha value is -2.60. The fourth-order valence-corrected chi connectivity index (χ4v) is 10.4. The first-order valence-corrected chi connectivity index (χ1v) is 15.2. The Labute approximate surface area is 250 Å². The molecule has 11 nitrogen and oxygen atoms in total. The van der Waals surface area contributed by atoms with E-state index < -0.39 is 99.7 Å². The molecule has 5 aliphatic rings. The van der Waals surface area contributed by atoms with E-state index >= 15 is 0 Å². The number of ketones is 2. The largest absolute Gasteiger partial charge is 0.472 e. The minimum Gasteiger partial charge on any atom is -0.472 e. The summed E-state index contributed by atoms with van der Waals surface area (Å²) in [5, 5.41) is 36.0. The number of furan rings is 1. The third-order valence-electron chi connectivity index (χ3n) is 12.3. The topological polar surface area (TPSA) is 170 Å². The van der Waals surface area contributed by atoms with Gasteiger partial charge in [-0.2, -0.15) is 0 Å². The lowest BCUT2D eigenvalue weighted by Crippen LogP contribution is -2.80. The minimum atomic E-state index is -1.58. The van der Waals surface area contributed by atoms with E-state index in [2.05, 4.69) is 0 Å². The summed E-state index contributed by atoms with van der Waals surface area (Å²) in [5.74, 6) is -5.70. The molecule has 0 amide bonds. The number of aliphatic hydroxyl groups is 3. The third kappa shape index (κ3) is 3.68. The van der Waals surface area contributed by atoms with Crippen LogP contribution < -0.4 is 0 Å². The summed E-state index contributed by atoms with van der Waals surface area (Å²) < 4.78 is 23.1. The number of hydrogen-bond donors (Lipinski definition) is 3. The number of hydrogen-bond acceptors (Lipinski definition) is 11. The zero-order valence-corrected chi connectivity index (χ0v) is 25.4. The van der Waals surface area contributed by atoms with Crippen LogP contribution in [0.5, 0.6) is 0 Å². The van der Waals surface area contributed by atoms with Crippen LogP contribution in [0.25, 0.3) is 0 Å². The van der Waals surface area contributed by atoms with E-state index in [0.29, 0.717) is 5.56 Å². The molecule has 0 spiro atoms. The van der Waals surface area contributed by atoms with Gasteiger partial charge in [0, 0.05) is 53.8 Å². The van der Waals surface area contributed by atoms with Gasteiger partial charge >= 0.3 is 11.9 Å². The van der Waals surface area contributed by atoms with Gasteiger partial charge in [-0.3, -0.25) is 19.2 Å². The van der Waals surface area contributed by atoms with Gasteiger partial charge in [0.15, 0.2) is 5.78 Å². The zero-order valence-electron chi connectivity index (χ0n) is 25.4. The van der Waals surface area contributed by atoms with Crippen LogP contribution >= 0.6 is 0 Å². The lowest BCUT2D eigenvalue weighted by atomic mass is 9.33. The number of fused-ring (bicyclic) bond motifs is 3. The predicted octanol–water partition coefficient (Wildman–Crippen LogP) is 2.15. The fourth-order valence-electron chi connectivity index (χ4n) is 10.4. The molecule has 0 unspecified atom stereocenters. The smallest absolute Gasteiger partial charge is 0.310 e. The maximum Gasteiger partial charge on any atom is 0.310 e. The molecule has 0 aromatic carbocycles. The van der Waals surface area contributed by atoms with Crippen LogP contribution in [0.2, 0.25) is 0 Å². The van der Waals surface area contributed by atoms with Crippen molar-refractivity contribution in [1.82, 2.24) is 0 Å². The number of ether oxygens (including phenoxy) is 3. The highest BCUT2D eigenvalue weighted by Crippen LogP contribution is 2.75. The molecule has 4 saturated carbocycles. The molecule has 13 atom stereocenters. The van der Waals surface area contributed by atoms with Gasteiger partial charge in [-0.15, -0.1) is 0 Å². The Morgan fingerprint density at radius 2 is 1.67 bits per heavy atom. The molecule has 1 aliphatic heterocycles. The third-order valence-corrected chi connectivity index (χ3v) is 12.3. The Kier molecular flexibility index (Phi) is 6.86. The fraction of sp³-hybridized carbons (Fsp3) is 0.750. The van der Waals surface area contributed by atoms with E-state index in [1.165, 1.54) is 19.5 Å². The second-order valence-corrected chi connectivity index (χ2v) is 14.5. The van der Waals surface area contributed by atoms with Crippen molar-refractivity contribution in [3.05, 3.63) is 24.2 Å². The second kappa shape index (κ2) is 9.70. The van der Waals surface area contributed by atoms with Crippen molar-refractivity contribution < 1.29 is 53.1 Å². The average Bonchev–Trinajstić information content (AvgIpc) is 3.55. The van der Waals surface area contributed by atoms with Crippen molar-refractivity contribution in [2.24, 2.45) is 45.3 Å². The molecule has 5 fully saturated rings. The first-order chi connectivity index (χ1) is 20.1. The molecular formula is C32H42O11. The maximum absolute atomic E-state index is 14.7. The Bertz CT molecular complexity index is 1340. The van der Waals surface area contributed by atoms with Gasteiger partial charge < -0.3 is 33.9 Å². The van der Waals surface area contributed by atoms with E-state index in [-0.39, 0.29) is 31.7 Å². The van der Waals surface area contributed by atoms with E-state index in [4.69, 9.17) is 18.6 Å². The lowest BCUT2D eigenvalue weighted by Gasteiger charge is -2.72. The predicted molar refractivity (Wildman–Crippen MR) is 147 cm³/mol. The van der Waals surface area contributed by atoms with Gasteiger partial charge in [-0.1, -0.05) is 27.7 Å². The molecule has 1 aromatic rings. The summed E-state index contributed by atoms with van der Waals surface area (Å²) in [5.41, 5.74) is -4.53. The number of carbonyl (C=O) groups is 4. The SMILES string of the molecule is CC(=O)O[C@@H]1C[C@H](O)[C@@]23CO[C@@H](OC(=O)C(C)C)[C@]1(C)[C@@H]2C[C@@H](O)[C@@]1(C)[C@@H]2C(=O)C[C@@H](c4ccoc4)[C@]2(C)[C@@H](O)C(=O)[C@@H]13. The van der Waals surface area contributed by atoms with Crippen molar-refractivity contribution >= 4 is 23.5 Å². The van der Waals surface area contributed by atoms with Crippen LogP contribution in [0.15, 0.2) is 23.0 Å². The molecule has 3 N–H and O–H groups in total. The van der Waals surface area contributed by atoms with E-state index in [0.717, 1.165) is 0 Å². The van der Waals surface area contributed by atoms with Crippen LogP contribution in [0.3, 0.4) is 0 Å². The zero-order chi connectivity index (χ0) is 31.4. The summed E-state index contributed by atoms with van der Waals surface area (Å²) in [7, 11) is 0. The molecule has 11 heteroatoms. The molecule has 43 heavy (non-hydrogen) atoms. The van der Waals surface area contributed by atoms with Gasteiger partial charge in [-0.25, -0.2) is 0 Å². The quantitative estimate of drug-likeness (QED) is 0.432. The second-order valence-electron chi connectivity index (χ2n) is 14.5. The van der Waals surface area contributed by atoms with Crippen LogP contribution in [-0.2, 0) is 33.4 Å². The molecule has 0 radical (unpaired) electrons. The summed E-state index contributed by atoms with van der Waals surface area (Å²) in [6.07, 6.45) is -3.20. The molecule has 236 valence electrons. The summed E-state index contributed by atoms with van der Waals surface area (Å²) >= 11 is 0. The lowest BCUT2D eigenvalue weighted by molar-refractivity contribution is -0.372. The van der Waals surface area contributed by atoms with Crippen LogP contribution in [-0.4, -0.2) is 76.1 Å². The van der Waals surface area contributed by atoms with Crippen molar-refractivity contribution in [2.45, 2.75) is 97.4 Å². The summed E-state index contributed by atoms with van der Waals surface area (Å²) in [6, 6.07) is 1.72. The molecule has 1 aromatic heterocycles.